The molecule has 246 valence electrons. The fourth-order valence-corrected chi connectivity index (χ4v) is 5.51. The van der Waals surface area contributed by atoms with Crippen LogP contribution in [0.25, 0.3) is 5.52 Å². The van der Waals surface area contributed by atoms with Gasteiger partial charge in [-0.2, -0.15) is 0 Å². The molecule has 0 bridgehead atoms. The van der Waals surface area contributed by atoms with Crippen molar-refractivity contribution in [2.45, 2.75) is 51.6 Å². The number of anilines is 1. The average molecular weight is 652 g/mol. The Kier molecular flexibility index (Phi) is 8.54. The molecule has 0 unspecified atom stereocenters. The lowest BCUT2D eigenvalue weighted by molar-refractivity contribution is -0.0907. The number of rotatable bonds is 8. The summed E-state index contributed by atoms with van der Waals surface area (Å²) in [7, 11) is 0. The van der Waals surface area contributed by atoms with Crippen LogP contribution in [0.3, 0.4) is 0 Å². The molecule has 1 aliphatic heterocycles. The highest BCUT2D eigenvalue weighted by Gasteiger charge is 2.61. The first kappa shape index (κ1) is 32.1. The lowest BCUT2D eigenvalue weighted by Crippen LogP contribution is -2.50. The third-order valence-corrected chi connectivity index (χ3v) is 8.20. The molecule has 2 aromatic heterocycles. The van der Waals surface area contributed by atoms with Crippen LogP contribution < -0.4 is 11.3 Å². The number of benzene rings is 3. The molecule has 1 fully saturated rings. The quantitative estimate of drug-likeness (QED) is 0.183. The Bertz CT molecular complexity index is 2050. The van der Waals surface area contributed by atoms with Crippen molar-refractivity contribution >= 4 is 29.4 Å². The van der Waals surface area contributed by atoms with Gasteiger partial charge in [0, 0.05) is 0 Å². The van der Waals surface area contributed by atoms with Gasteiger partial charge in [0.2, 0.25) is 5.95 Å². The van der Waals surface area contributed by atoms with Crippen molar-refractivity contribution in [3.8, 4) is 0 Å². The fourth-order valence-electron chi connectivity index (χ4n) is 5.51. The third kappa shape index (κ3) is 6.27. The fraction of sp³-hybridized carbons (Fsp3) is 0.257. The van der Waals surface area contributed by atoms with Gasteiger partial charge in [0.25, 0.3) is 5.56 Å². The van der Waals surface area contributed by atoms with E-state index in [9.17, 15) is 19.2 Å². The van der Waals surface area contributed by atoms with Crippen molar-refractivity contribution in [3.63, 3.8) is 0 Å². The number of ether oxygens (including phenoxy) is 4. The minimum Gasteiger partial charge on any atom is -0.459 e. The van der Waals surface area contributed by atoms with E-state index in [1.807, 2.05) is 20.8 Å². The number of nitrogens with one attached hydrogen (secondary N) is 1. The first-order valence-electron chi connectivity index (χ1n) is 15.1. The molecule has 0 amide bonds. The third-order valence-electron chi connectivity index (χ3n) is 8.20. The van der Waals surface area contributed by atoms with Gasteiger partial charge in [-0.05, 0) is 64.1 Å². The number of H-pyrrole nitrogens is 1. The van der Waals surface area contributed by atoms with Gasteiger partial charge >= 0.3 is 17.9 Å². The van der Waals surface area contributed by atoms with Crippen LogP contribution in [0.5, 0.6) is 0 Å². The number of carbonyl (C=O) groups excluding carboxylic acids is 3. The van der Waals surface area contributed by atoms with Crippen molar-refractivity contribution < 1.29 is 33.3 Å². The van der Waals surface area contributed by atoms with E-state index in [4.69, 9.17) is 24.7 Å². The summed E-state index contributed by atoms with van der Waals surface area (Å²) < 4.78 is 25.5. The zero-order chi connectivity index (χ0) is 34.2. The molecule has 5 aromatic rings. The maximum atomic E-state index is 13.7. The maximum absolute atomic E-state index is 13.7. The zero-order valence-corrected chi connectivity index (χ0v) is 26.6. The Morgan fingerprint density at radius 3 is 1.94 bits per heavy atom. The topological polar surface area (TPSA) is 177 Å². The van der Waals surface area contributed by atoms with Crippen LogP contribution in [0.4, 0.5) is 5.95 Å². The van der Waals surface area contributed by atoms with Crippen molar-refractivity contribution in [2.75, 3.05) is 12.3 Å². The summed E-state index contributed by atoms with van der Waals surface area (Å²) in [5.41, 5.74) is 7.12. The number of aromatic nitrogens is 4. The van der Waals surface area contributed by atoms with Crippen LogP contribution in [0.2, 0.25) is 0 Å². The molecule has 0 aliphatic carbocycles. The van der Waals surface area contributed by atoms with Gasteiger partial charge in [-0.1, -0.05) is 53.1 Å². The van der Waals surface area contributed by atoms with Gasteiger partial charge in [-0.15, -0.1) is 5.10 Å². The highest BCUT2D eigenvalue weighted by Crippen LogP contribution is 2.46. The zero-order valence-electron chi connectivity index (χ0n) is 26.6. The lowest BCUT2D eigenvalue weighted by Gasteiger charge is -2.34. The molecular formula is C35H33N5O8. The number of hydrogen-bond donors (Lipinski definition) is 2. The number of nitrogens with two attached hydrogens (primary N) is 1. The van der Waals surface area contributed by atoms with Crippen LogP contribution in [0, 0.1) is 20.8 Å². The predicted octanol–water partition coefficient (Wildman–Crippen LogP) is 4.06. The molecule has 3 N–H and O–H groups in total. The molecule has 13 nitrogen and oxygen atoms in total. The highest BCUT2D eigenvalue weighted by atomic mass is 16.7. The van der Waals surface area contributed by atoms with Gasteiger partial charge in [0.1, 0.15) is 12.7 Å². The summed E-state index contributed by atoms with van der Waals surface area (Å²) in [5.74, 6) is -2.29. The molecule has 0 spiro atoms. The second-order valence-corrected chi connectivity index (χ2v) is 11.9. The van der Waals surface area contributed by atoms with E-state index >= 15 is 0 Å². The van der Waals surface area contributed by atoms with Crippen LogP contribution >= 0.6 is 0 Å². The Morgan fingerprint density at radius 2 is 1.38 bits per heavy atom. The van der Waals surface area contributed by atoms with Crippen molar-refractivity contribution in [3.05, 3.63) is 129 Å². The Balaban J connectivity index is 1.43. The van der Waals surface area contributed by atoms with E-state index < -0.39 is 54.0 Å². The summed E-state index contributed by atoms with van der Waals surface area (Å²) in [6.07, 6.45) is -2.53. The summed E-state index contributed by atoms with van der Waals surface area (Å²) in [4.78, 5) is 59.9. The standard InChI is InChI=1S/C35H33N5O8/c1-19-5-11-22(12-6-19)31(42)45-18-26-27(47-32(43)23-13-7-20(2)8-14-23)35(4,48-33(44)24-15-9-21(3)10-16-24)28(46-26)29-37-17-25-30(41)38-34(36)39-40(25)29/h5-17,26-28H,18H2,1-4H3,(H3,36,38,39,41)/t26-,27-,28+,35-/m1/s1. The van der Waals surface area contributed by atoms with E-state index in [-0.39, 0.29) is 28.4 Å². The number of hydrogen-bond acceptors (Lipinski definition) is 11. The monoisotopic (exact) mass is 651 g/mol. The largest absolute Gasteiger partial charge is 0.459 e. The van der Waals surface area contributed by atoms with Gasteiger partial charge in [0.15, 0.2) is 29.2 Å². The maximum Gasteiger partial charge on any atom is 0.338 e. The van der Waals surface area contributed by atoms with E-state index in [1.165, 1.54) is 17.6 Å². The summed E-state index contributed by atoms with van der Waals surface area (Å²) in [6.45, 7) is 6.78. The van der Waals surface area contributed by atoms with Gasteiger partial charge in [-0.3, -0.25) is 9.78 Å². The number of carbonyl (C=O) groups is 3. The van der Waals surface area contributed by atoms with E-state index in [0.717, 1.165) is 16.7 Å². The van der Waals surface area contributed by atoms with Crippen LogP contribution in [0.15, 0.2) is 83.8 Å². The molecule has 0 saturated carbocycles. The smallest absolute Gasteiger partial charge is 0.338 e. The molecule has 48 heavy (non-hydrogen) atoms. The number of aromatic amines is 1. The Morgan fingerprint density at radius 1 is 0.854 bits per heavy atom. The van der Waals surface area contributed by atoms with Crippen molar-refractivity contribution in [1.29, 1.82) is 0 Å². The molecule has 4 atom stereocenters. The molecule has 3 heterocycles. The van der Waals surface area contributed by atoms with Crippen LogP contribution in [-0.4, -0.2) is 61.9 Å². The average Bonchev–Trinajstić information content (AvgIpc) is 3.59. The number of fused-ring (bicyclic) bond motifs is 1. The van der Waals surface area contributed by atoms with Crippen LogP contribution in [0.1, 0.15) is 66.6 Å². The Hall–Kier alpha value is -5.82. The minimum absolute atomic E-state index is 0.0331. The molecule has 0 radical (unpaired) electrons. The minimum atomic E-state index is -1.80. The first-order valence-corrected chi connectivity index (χ1v) is 15.1. The summed E-state index contributed by atoms with van der Waals surface area (Å²) in [5, 5.41) is 4.20. The first-order chi connectivity index (χ1) is 22.9. The second-order valence-electron chi connectivity index (χ2n) is 11.9. The Labute approximate surface area is 274 Å². The number of imidazole rings is 1. The molecular weight excluding hydrogens is 618 g/mol. The van der Waals surface area contributed by atoms with Crippen molar-refractivity contribution in [1.82, 2.24) is 19.6 Å². The normalized spacial score (nSPS) is 20.4. The SMILES string of the molecule is Cc1ccc(C(=O)OC[C@H]2O[C@@H](c3ncc4c(=O)[nH]c(N)nn34)[C@](C)(OC(=O)c3ccc(C)cc3)[C@@H]2OC(=O)c2ccc(C)cc2)cc1. The number of nitrogens with zero attached hydrogens (tertiary/aromatic N) is 3. The van der Waals surface area contributed by atoms with E-state index in [2.05, 4.69) is 15.1 Å². The highest BCUT2D eigenvalue weighted by molar-refractivity contribution is 5.91. The summed E-state index contributed by atoms with van der Waals surface area (Å²) >= 11 is 0. The van der Waals surface area contributed by atoms with Gasteiger partial charge < -0.3 is 24.7 Å². The number of esters is 3. The molecule has 1 saturated heterocycles. The van der Waals surface area contributed by atoms with E-state index in [0.29, 0.717) is 5.56 Å². The predicted molar refractivity (Wildman–Crippen MR) is 172 cm³/mol. The lowest BCUT2D eigenvalue weighted by atomic mass is 9.91. The van der Waals surface area contributed by atoms with Crippen molar-refractivity contribution in [2.24, 2.45) is 0 Å². The number of nitrogen functional groups attached to an aromatic ring is 1. The molecule has 13 heteroatoms. The molecule has 3 aromatic carbocycles. The van der Waals surface area contributed by atoms with Crippen LogP contribution in [-0.2, 0) is 18.9 Å². The van der Waals surface area contributed by atoms with Gasteiger partial charge in [0.05, 0.1) is 22.9 Å². The van der Waals surface area contributed by atoms with E-state index in [1.54, 1.807) is 72.8 Å². The molecule has 1 aliphatic rings. The van der Waals surface area contributed by atoms with Gasteiger partial charge in [-0.25, -0.2) is 23.9 Å². The summed E-state index contributed by atoms with van der Waals surface area (Å²) in [6, 6.07) is 20.2. The number of aryl methyl sites for hydroxylation is 3. The second kappa shape index (κ2) is 12.8. The molecule has 6 rings (SSSR count).